The Morgan fingerprint density at radius 1 is 1.38 bits per heavy atom. The van der Waals surface area contributed by atoms with Crippen LogP contribution in [-0.2, 0) is 16.4 Å². The molecule has 0 aliphatic carbocycles. The van der Waals surface area contributed by atoms with E-state index in [1.165, 1.54) is 6.26 Å². The van der Waals surface area contributed by atoms with Gasteiger partial charge in [-0.15, -0.1) is 24.0 Å². The summed E-state index contributed by atoms with van der Waals surface area (Å²) in [6.45, 7) is 5.20. The second-order valence-corrected chi connectivity index (χ2v) is 7.77. The summed E-state index contributed by atoms with van der Waals surface area (Å²) >= 11 is 0. The molecule has 0 aliphatic heterocycles. The fraction of sp³-hybridized carbons (Fsp3) is 0.562. The third kappa shape index (κ3) is 9.96. The van der Waals surface area contributed by atoms with Gasteiger partial charge in [-0.3, -0.25) is 0 Å². The van der Waals surface area contributed by atoms with E-state index < -0.39 is 9.84 Å². The van der Waals surface area contributed by atoms with Crippen LogP contribution in [0.15, 0.2) is 29.3 Å². The summed E-state index contributed by atoms with van der Waals surface area (Å²) in [5, 5.41) is 6.40. The van der Waals surface area contributed by atoms with Crippen LogP contribution in [0.3, 0.4) is 0 Å². The first-order chi connectivity index (χ1) is 10.8. The van der Waals surface area contributed by atoms with E-state index in [1.54, 1.807) is 7.11 Å². The summed E-state index contributed by atoms with van der Waals surface area (Å²) in [6.07, 6.45) is 1.80. The summed E-state index contributed by atoms with van der Waals surface area (Å²) in [7, 11) is -1.31. The number of methoxy groups -OCH3 is 1. The van der Waals surface area contributed by atoms with Crippen LogP contribution in [0.5, 0.6) is 5.75 Å². The van der Waals surface area contributed by atoms with E-state index in [0.717, 1.165) is 17.9 Å². The minimum absolute atomic E-state index is 0. The van der Waals surface area contributed by atoms with E-state index in [2.05, 4.69) is 15.6 Å². The molecule has 0 fully saturated rings. The maximum atomic E-state index is 11.2. The zero-order chi connectivity index (χ0) is 17.3. The first-order valence-electron chi connectivity index (χ1n) is 7.69. The Hall–Kier alpha value is -1.03. The molecule has 1 aromatic rings. The second-order valence-electron chi connectivity index (χ2n) is 5.51. The van der Waals surface area contributed by atoms with Crippen molar-refractivity contribution in [1.82, 2.24) is 10.6 Å². The third-order valence-electron chi connectivity index (χ3n) is 3.20. The molecule has 1 aromatic carbocycles. The van der Waals surface area contributed by atoms with Crippen molar-refractivity contribution >= 4 is 39.8 Å². The lowest BCUT2D eigenvalue weighted by atomic mass is 10.2. The molecule has 0 saturated carbocycles. The zero-order valence-electron chi connectivity index (χ0n) is 14.7. The van der Waals surface area contributed by atoms with Gasteiger partial charge in [0, 0.05) is 18.8 Å². The predicted octanol–water partition coefficient (Wildman–Crippen LogP) is 2.19. The summed E-state index contributed by atoms with van der Waals surface area (Å²) < 4.78 is 27.7. The predicted molar refractivity (Wildman–Crippen MR) is 110 cm³/mol. The maximum Gasteiger partial charge on any atom is 0.191 e. The smallest absolute Gasteiger partial charge is 0.191 e. The summed E-state index contributed by atoms with van der Waals surface area (Å²) in [4.78, 5) is 4.53. The molecule has 1 rings (SSSR count). The molecular formula is C16H28IN3O3S. The van der Waals surface area contributed by atoms with Crippen molar-refractivity contribution in [2.45, 2.75) is 32.9 Å². The van der Waals surface area contributed by atoms with Gasteiger partial charge in [0.25, 0.3) is 0 Å². The Morgan fingerprint density at radius 3 is 2.67 bits per heavy atom. The first kappa shape index (κ1) is 23.0. The van der Waals surface area contributed by atoms with Crippen molar-refractivity contribution in [2.24, 2.45) is 4.99 Å². The minimum Gasteiger partial charge on any atom is -0.497 e. The molecule has 8 heteroatoms. The number of sulfone groups is 1. The number of nitrogens with zero attached hydrogens (tertiary/aromatic N) is 1. The highest BCUT2D eigenvalue weighted by Crippen LogP contribution is 2.13. The van der Waals surface area contributed by atoms with Gasteiger partial charge in [-0.25, -0.2) is 13.4 Å². The fourth-order valence-corrected chi connectivity index (χ4v) is 2.74. The maximum absolute atomic E-state index is 11.2. The van der Waals surface area contributed by atoms with E-state index in [0.29, 0.717) is 18.9 Å². The number of benzene rings is 1. The van der Waals surface area contributed by atoms with Crippen LogP contribution >= 0.6 is 24.0 Å². The van der Waals surface area contributed by atoms with Crippen LogP contribution in [0.1, 0.15) is 25.8 Å². The Balaban J connectivity index is 0.00000529. The number of hydrogen-bond donors (Lipinski definition) is 2. The van der Waals surface area contributed by atoms with Gasteiger partial charge in [0.15, 0.2) is 5.96 Å². The normalized spacial score (nSPS) is 12.9. The molecule has 0 radical (unpaired) electrons. The van der Waals surface area contributed by atoms with Gasteiger partial charge in [0.1, 0.15) is 15.6 Å². The molecule has 6 nitrogen and oxygen atoms in total. The molecule has 0 spiro atoms. The van der Waals surface area contributed by atoms with Crippen LogP contribution < -0.4 is 15.4 Å². The highest BCUT2D eigenvalue weighted by Gasteiger charge is 2.09. The van der Waals surface area contributed by atoms with Gasteiger partial charge in [-0.2, -0.15) is 0 Å². The van der Waals surface area contributed by atoms with Crippen molar-refractivity contribution in [3.63, 3.8) is 0 Å². The number of rotatable bonds is 8. The SMILES string of the molecule is CCNC(=NCc1cccc(OC)c1)NC(C)CCS(C)(=O)=O.I. The molecule has 0 bridgehead atoms. The minimum atomic E-state index is -2.94. The van der Waals surface area contributed by atoms with E-state index in [-0.39, 0.29) is 35.8 Å². The van der Waals surface area contributed by atoms with Crippen LogP contribution in [0.25, 0.3) is 0 Å². The molecule has 0 aliphatic rings. The standard InChI is InChI=1S/C16H27N3O3S.HI/c1-5-17-16(19-13(2)9-10-23(4,20)21)18-12-14-7-6-8-15(11-14)22-3;/h6-8,11,13H,5,9-10,12H2,1-4H3,(H2,17,18,19);1H. The van der Waals surface area contributed by atoms with Gasteiger partial charge in [-0.05, 0) is 38.0 Å². The molecule has 0 amide bonds. The number of hydrogen-bond acceptors (Lipinski definition) is 4. The van der Waals surface area contributed by atoms with Gasteiger partial charge >= 0.3 is 0 Å². The Morgan fingerprint density at radius 2 is 2.08 bits per heavy atom. The van der Waals surface area contributed by atoms with Crippen molar-refractivity contribution in [3.8, 4) is 5.75 Å². The lowest BCUT2D eigenvalue weighted by Gasteiger charge is -2.17. The molecule has 0 heterocycles. The topological polar surface area (TPSA) is 79.8 Å². The lowest BCUT2D eigenvalue weighted by molar-refractivity contribution is 0.414. The number of nitrogens with one attached hydrogen (secondary N) is 2. The van der Waals surface area contributed by atoms with Gasteiger partial charge in [0.05, 0.1) is 19.4 Å². The summed E-state index contributed by atoms with van der Waals surface area (Å²) in [5.41, 5.74) is 1.05. The van der Waals surface area contributed by atoms with E-state index in [9.17, 15) is 8.42 Å². The summed E-state index contributed by atoms with van der Waals surface area (Å²) in [6, 6.07) is 7.78. The number of guanidine groups is 1. The molecule has 24 heavy (non-hydrogen) atoms. The number of halogens is 1. The van der Waals surface area contributed by atoms with Crippen molar-refractivity contribution in [1.29, 1.82) is 0 Å². The number of aliphatic imine (C=N–C) groups is 1. The molecule has 1 unspecified atom stereocenters. The third-order valence-corrected chi connectivity index (χ3v) is 4.18. The van der Waals surface area contributed by atoms with E-state index in [1.807, 2.05) is 38.1 Å². The summed E-state index contributed by atoms with van der Waals surface area (Å²) in [5.74, 6) is 1.64. The first-order valence-corrected chi connectivity index (χ1v) is 9.75. The van der Waals surface area contributed by atoms with Gasteiger partial charge in [-0.1, -0.05) is 12.1 Å². The van der Waals surface area contributed by atoms with Crippen LogP contribution in [0.4, 0.5) is 0 Å². The van der Waals surface area contributed by atoms with Crippen LogP contribution in [0, 0.1) is 0 Å². The fourth-order valence-electron chi connectivity index (χ4n) is 1.96. The number of ether oxygens (including phenoxy) is 1. The Labute approximate surface area is 162 Å². The second kappa shape index (κ2) is 11.5. The van der Waals surface area contributed by atoms with Crippen molar-refractivity contribution in [3.05, 3.63) is 29.8 Å². The Bertz CT molecular complexity index is 621. The van der Waals surface area contributed by atoms with E-state index in [4.69, 9.17) is 4.74 Å². The molecule has 0 aromatic heterocycles. The van der Waals surface area contributed by atoms with Crippen molar-refractivity contribution < 1.29 is 13.2 Å². The lowest BCUT2D eigenvalue weighted by Crippen LogP contribution is -2.42. The molecule has 2 N–H and O–H groups in total. The van der Waals surface area contributed by atoms with Crippen LogP contribution in [-0.4, -0.2) is 46.1 Å². The average molecular weight is 469 g/mol. The molecule has 0 saturated heterocycles. The Kier molecular flexibility index (Phi) is 11.0. The average Bonchev–Trinajstić information content (AvgIpc) is 2.50. The quantitative estimate of drug-likeness (QED) is 0.347. The highest BCUT2D eigenvalue weighted by atomic mass is 127. The van der Waals surface area contributed by atoms with Crippen molar-refractivity contribution in [2.75, 3.05) is 25.7 Å². The van der Waals surface area contributed by atoms with E-state index >= 15 is 0 Å². The van der Waals surface area contributed by atoms with Crippen LogP contribution in [0.2, 0.25) is 0 Å². The van der Waals surface area contributed by atoms with Gasteiger partial charge in [0.2, 0.25) is 0 Å². The largest absolute Gasteiger partial charge is 0.497 e. The monoisotopic (exact) mass is 469 g/mol. The molecule has 138 valence electrons. The highest BCUT2D eigenvalue weighted by molar-refractivity contribution is 14.0. The zero-order valence-corrected chi connectivity index (χ0v) is 17.9. The molecular weight excluding hydrogens is 441 g/mol. The van der Waals surface area contributed by atoms with Gasteiger partial charge < -0.3 is 15.4 Å². The molecule has 1 atom stereocenters.